The Morgan fingerprint density at radius 3 is 2.37 bits per heavy atom. The maximum absolute atomic E-state index is 13.3. The summed E-state index contributed by atoms with van der Waals surface area (Å²) >= 11 is 13.1. The molecular weight excluding hydrogens is 660 g/mol. The summed E-state index contributed by atoms with van der Waals surface area (Å²) in [5, 5.41) is 8.83. The van der Waals surface area contributed by atoms with Crippen LogP contribution in [0.3, 0.4) is 0 Å². The van der Waals surface area contributed by atoms with Gasteiger partial charge in [-0.3, -0.25) is 4.79 Å². The van der Waals surface area contributed by atoms with Gasteiger partial charge in [0.25, 0.3) is 12.3 Å². The molecule has 1 aliphatic rings. The number of nitrogens with zero attached hydrogens (tertiary/aromatic N) is 2. The Morgan fingerprint density at radius 1 is 1.09 bits per heavy atom. The summed E-state index contributed by atoms with van der Waals surface area (Å²) < 4.78 is 77.5. The van der Waals surface area contributed by atoms with Crippen molar-refractivity contribution >= 4 is 57.9 Å². The van der Waals surface area contributed by atoms with E-state index in [9.17, 15) is 31.5 Å². The second-order valence-corrected chi connectivity index (χ2v) is 12.8. The van der Waals surface area contributed by atoms with E-state index < -0.39 is 48.8 Å². The Morgan fingerprint density at radius 2 is 1.76 bits per heavy atom. The number of ether oxygens (including phenoxy) is 2. The summed E-state index contributed by atoms with van der Waals surface area (Å²) in [7, 11) is 1.63. The molecule has 0 bridgehead atoms. The molecule has 0 spiro atoms. The molecule has 0 radical (unpaired) electrons. The van der Waals surface area contributed by atoms with Crippen LogP contribution in [-0.2, 0) is 18.3 Å². The number of hydrogen-bond donors (Lipinski definition) is 3. The molecule has 252 valence electrons. The number of benzene rings is 2. The number of fused-ring (bicyclic) bond motifs is 1. The highest BCUT2D eigenvalue weighted by Crippen LogP contribution is 2.39. The second-order valence-electron chi connectivity index (χ2n) is 12.0. The van der Waals surface area contributed by atoms with E-state index in [0.717, 1.165) is 0 Å². The third-order valence-corrected chi connectivity index (χ3v) is 8.09. The van der Waals surface area contributed by atoms with Crippen molar-refractivity contribution in [2.45, 2.75) is 77.2 Å². The molecule has 0 saturated heterocycles. The molecular formula is C30H34Cl2F5N5O4. The van der Waals surface area contributed by atoms with Crippen molar-refractivity contribution in [3.63, 3.8) is 0 Å². The van der Waals surface area contributed by atoms with E-state index in [0.29, 0.717) is 11.1 Å². The highest BCUT2D eigenvalue weighted by atomic mass is 35.5. The molecule has 2 aromatic carbocycles. The summed E-state index contributed by atoms with van der Waals surface area (Å²) in [4.78, 5) is 29.9. The van der Waals surface area contributed by atoms with Crippen LogP contribution >= 0.6 is 23.2 Å². The van der Waals surface area contributed by atoms with Crippen molar-refractivity contribution < 1.29 is 41.0 Å². The lowest BCUT2D eigenvalue weighted by Crippen LogP contribution is -2.40. The topological polar surface area (TPSA) is 107 Å². The van der Waals surface area contributed by atoms with Crippen molar-refractivity contribution in [3.8, 4) is 5.75 Å². The van der Waals surface area contributed by atoms with E-state index in [1.165, 1.54) is 12.1 Å². The number of anilines is 2. The Labute approximate surface area is 272 Å². The van der Waals surface area contributed by atoms with Crippen LogP contribution in [0.5, 0.6) is 5.75 Å². The Balaban J connectivity index is 1.59. The van der Waals surface area contributed by atoms with Crippen molar-refractivity contribution in [1.82, 2.24) is 20.2 Å². The van der Waals surface area contributed by atoms with Crippen LogP contribution in [0.4, 0.5) is 38.4 Å². The molecule has 0 unspecified atom stereocenters. The van der Waals surface area contributed by atoms with Gasteiger partial charge >= 0.3 is 12.3 Å². The SMILES string of the molecule is Cn1c(Nc2c(Cl)ccc(CNC(=O)OC(C)(C)C)c2Cl)nc2cc(C(=O)N[C@H]3CC[C@H](C(F)(F)F)CC3)c(OCC(F)F)cc21. The number of aromatic nitrogens is 2. The lowest BCUT2D eigenvalue weighted by molar-refractivity contribution is -0.182. The van der Waals surface area contributed by atoms with Crippen LogP contribution in [0.25, 0.3) is 11.0 Å². The third-order valence-electron chi connectivity index (χ3n) is 7.35. The molecule has 1 aromatic heterocycles. The van der Waals surface area contributed by atoms with E-state index in [4.69, 9.17) is 32.7 Å². The van der Waals surface area contributed by atoms with Gasteiger partial charge in [-0.05, 0) is 64.2 Å². The molecule has 16 heteroatoms. The minimum absolute atomic E-state index is 0.0311. The standard InChI is InChI=1S/C30H34Cl2F5N5O4/c1-29(2,3)46-28(44)38-13-15-5-10-19(31)25(24(15)32)41-27-40-20-11-18(22(45-14-23(33)34)12-21(20)42(27)4)26(43)39-17-8-6-16(7-9-17)30(35,36)37/h5,10-12,16-17,23H,6-9,13-14H2,1-4H3,(H,38,44)(H,39,43)(H,40,41)/t16-,17-. The normalized spacial score (nSPS) is 17.2. The molecule has 0 aliphatic heterocycles. The fourth-order valence-electron chi connectivity index (χ4n) is 5.05. The number of alkyl halides is 5. The quantitative estimate of drug-likeness (QED) is 0.195. The Kier molecular flexibility index (Phi) is 10.8. The number of carbonyl (C=O) groups excluding carboxylic acids is 2. The van der Waals surface area contributed by atoms with Gasteiger partial charge in [-0.1, -0.05) is 29.3 Å². The molecule has 9 nitrogen and oxygen atoms in total. The number of rotatable bonds is 9. The van der Waals surface area contributed by atoms with Gasteiger partial charge in [0.15, 0.2) is 0 Å². The number of nitrogens with one attached hydrogen (secondary N) is 3. The highest BCUT2D eigenvalue weighted by molar-refractivity contribution is 6.39. The molecule has 1 heterocycles. The molecule has 0 atom stereocenters. The summed E-state index contributed by atoms with van der Waals surface area (Å²) in [6.07, 6.45) is -7.76. The molecule has 46 heavy (non-hydrogen) atoms. The monoisotopic (exact) mass is 693 g/mol. The van der Waals surface area contributed by atoms with Gasteiger partial charge in [0.05, 0.1) is 38.2 Å². The first kappa shape index (κ1) is 35.3. The van der Waals surface area contributed by atoms with Crippen LogP contribution in [0, 0.1) is 5.92 Å². The van der Waals surface area contributed by atoms with E-state index in [2.05, 4.69) is 20.9 Å². The van der Waals surface area contributed by atoms with E-state index in [1.807, 2.05) is 0 Å². The van der Waals surface area contributed by atoms with Gasteiger partial charge < -0.3 is 30.0 Å². The molecule has 1 aliphatic carbocycles. The van der Waals surface area contributed by atoms with Crippen LogP contribution < -0.4 is 20.7 Å². The molecule has 1 saturated carbocycles. The van der Waals surface area contributed by atoms with Gasteiger partial charge in [-0.15, -0.1) is 0 Å². The van der Waals surface area contributed by atoms with Crippen LogP contribution in [-0.4, -0.2) is 52.4 Å². The minimum Gasteiger partial charge on any atom is -0.487 e. The lowest BCUT2D eigenvalue weighted by atomic mass is 9.85. The average Bonchev–Trinajstić information content (AvgIpc) is 3.25. The predicted octanol–water partition coefficient (Wildman–Crippen LogP) is 8.14. The first-order valence-corrected chi connectivity index (χ1v) is 15.2. The largest absolute Gasteiger partial charge is 0.487 e. The highest BCUT2D eigenvalue weighted by Gasteiger charge is 2.41. The summed E-state index contributed by atoms with van der Waals surface area (Å²) in [6, 6.07) is 5.44. The summed E-state index contributed by atoms with van der Waals surface area (Å²) in [6.45, 7) is 4.24. The summed E-state index contributed by atoms with van der Waals surface area (Å²) in [5.41, 5.74) is 0.694. The first-order valence-electron chi connectivity index (χ1n) is 14.4. The number of aryl methyl sites for hydroxylation is 1. The molecule has 1 fully saturated rings. The van der Waals surface area contributed by atoms with Crippen molar-refractivity contribution in [1.29, 1.82) is 0 Å². The molecule has 3 N–H and O–H groups in total. The Bertz CT molecular complexity index is 1580. The zero-order chi connectivity index (χ0) is 34.0. The van der Waals surface area contributed by atoms with Gasteiger partial charge in [0.1, 0.15) is 18.0 Å². The van der Waals surface area contributed by atoms with Gasteiger partial charge in [0.2, 0.25) is 5.95 Å². The average molecular weight is 695 g/mol. The zero-order valence-electron chi connectivity index (χ0n) is 25.5. The lowest BCUT2D eigenvalue weighted by Gasteiger charge is -2.30. The van der Waals surface area contributed by atoms with E-state index in [1.54, 1.807) is 44.5 Å². The van der Waals surface area contributed by atoms with Crippen LogP contribution in [0.15, 0.2) is 24.3 Å². The number of halogens is 7. The van der Waals surface area contributed by atoms with Crippen molar-refractivity contribution in [2.24, 2.45) is 13.0 Å². The fourth-order valence-corrected chi connectivity index (χ4v) is 5.58. The maximum atomic E-state index is 13.3. The third kappa shape index (κ3) is 8.84. The molecule has 3 aromatic rings. The minimum atomic E-state index is -4.30. The van der Waals surface area contributed by atoms with Gasteiger partial charge in [-0.2, -0.15) is 13.2 Å². The first-order chi connectivity index (χ1) is 21.4. The smallest absolute Gasteiger partial charge is 0.407 e. The van der Waals surface area contributed by atoms with E-state index in [-0.39, 0.29) is 70.7 Å². The predicted molar refractivity (Wildman–Crippen MR) is 164 cm³/mol. The van der Waals surface area contributed by atoms with Crippen LogP contribution in [0.2, 0.25) is 10.0 Å². The summed E-state index contributed by atoms with van der Waals surface area (Å²) in [5.74, 6) is -2.03. The van der Waals surface area contributed by atoms with Crippen LogP contribution in [0.1, 0.15) is 62.4 Å². The number of amides is 2. The second kappa shape index (κ2) is 14.1. The molecule has 4 rings (SSSR count). The van der Waals surface area contributed by atoms with Crippen molar-refractivity contribution in [3.05, 3.63) is 45.4 Å². The number of hydrogen-bond acceptors (Lipinski definition) is 6. The van der Waals surface area contributed by atoms with Gasteiger partial charge in [-0.25, -0.2) is 18.6 Å². The maximum Gasteiger partial charge on any atom is 0.407 e. The van der Waals surface area contributed by atoms with Crippen molar-refractivity contribution in [2.75, 3.05) is 11.9 Å². The zero-order valence-corrected chi connectivity index (χ0v) is 27.0. The molecule has 2 amide bonds. The fraction of sp³-hybridized carbons (Fsp3) is 0.500. The van der Waals surface area contributed by atoms with E-state index >= 15 is 0 Å². The Hall–Kier alpha value is -3.52. The number of carbonyl (C=O) groups is 2. The van der Waals surface area contributed by atoms with Gasteiger partial charge in [0, 0.05) is 25.7 Å². The number of alkyl carbamates (subject to hydrolysis) is 1. The number of imidazole rings is 1.